The van der Waals surface area contributed by atoms with Crippen molar-refractivity contribution in [1.29, 1.82) is 0 Å². The number of aliphatic hydroxyl groups is 1. The largest absolute Gasteiger partial charge is 0.478 e. The second-order valence-corrected chi connectivity index (χ2v) is 7.77. The van der Waals surface area contributed by atoms with Crippen LogP contribution in [-0.2, 0) is 5.60 Å². The number of aromatic nitrogens is 1. The standard InChI is InChI=1S/C22H16Cl2F3NO3/c1-12(21(31,22(25,26)27)16-7-8-28-19(24)11-16)17-6-5-14(10-18(17)23)13-3-2-4-15(9-13)20(29)30/h2-12,31H,1H3,(H,29,30)/t12-,21-/m1/s1. The van der Waals surface area contributed by atoms with Crippen LogP contribution in [0, 0.1) is 0 Å². The smallest absolute Gasteiger partial charge is 0.422 e. The molecule has 0 aliphatic rings. The Morgan fingerprint density at radius 1 is 1.03 bits per heavy atom. The molecule has 3 aromatic rings. The Hall–Kier alpha value is -2.61. The number of aromatic carboxylic acids is 1. The van der Waals surface area contributed by atoms with Crippen LogP contribution in [0.3, 0.4) is 0 Å². The van der Waals surface area contributed by atoms with Crippen LogP contribution in [0.5, 0.6) is 0 Å². The van der Waals surface area contributed by atoms with Gasteiger partial charge in [-0.1, -0.05) is 54.4 Å². The maximum atomic E-state index is 14.0. The second kappa shape index (κ2) is 8.49. The van der Waals surface area contributed by atoms with Crippen LogP contribution in [-0.4, -0.2) is 27.3 Å². The van der Waals surface area contributed by atoms with Gasteiger partial charge in [-0.15, -0.1) is 0 Å². The minimum atomic E-state index is -5.03. The number of carboxylic acid groups (broad SMARTS) is 1. The Bertz CT molecular complexity index is 1140. The van der Waals surface area contributed by atoms with E-state index in [9.17, 15) is 23.1 Å². The molecule has 4 nitrogen and oxygen atoms in total. The summed E-state index contributed by atoms with van der Waals surface area (Å²) >= 11 is 12.1. The summed E-state index contributed by atoms with van der Waals surface area (Å²) < 4.78 is 42.1. The molecule has 0 bridgehead atoms. The average molecular weight is 470 g/mol. The molecule has 0 saturated heterocycles. The van der Waals surface area contributed by atoms with E-state index in [0.29, 0.717) is 11.1 Å². The topological polar surface area (TPSA) is 70.4 Å². The quantitative estimate of drug-likeness (QED) is 0.429. The van der Waals surface area contributed by atoms with Crippen molar-refractivity contribution in [2.24, 2.45) is 0 Å². The molecule has 0 aliphatic carbocycles. The highest BCUT2D eigenvalue weighted by Crippen LogP contribution is 2.50. The van der Waals surface area contributed by atoms with E-state index >= 15 is 0 Å². The molecule has 2 atom stereocenters. The first kappa shape index (κ1) is 23.1. The van der Waals surface area contributed by atoms with Gasteiger partial charge in [0.2, 0.25) is 0 Å². The van der Waals surface area contributed by atoms with E-state index in [2.05, 4.69) is 4.98 Å². The van der Waals surface area contributed by atoms with Crippen molar-refractivity contribution in [3.8, 4) is 11.1 Å². The van der Waals surface area contributed by atoms with E-state index in [-0.39, 0.29) is 21.3 Å². The van der Waals surface area contributed by atoms with Gasteiger partial charge in [0, 0.05) is 17.1 Å². The van der Waals surface area contributed by atoms with Gasteiger partial charge in [-0.2, -0.15) is 13.2 Å². The maximum Gasteiger partial charge on any atom is 0.422 e. The second-order valence-electron chi connectivity index (χ2n) is 6.98. The van der Waals surface area contributed by atoms with Crippen molar-refractivity contribution in [2.75, 3.05) is 0 Å². The minimum Gasteiger partial charge on any atom is -0.478 e. The molecular weight excluding hydrogens is 454 g/mol. The summed E-state index contributed by atoms with van der Waals surface area (Å²) in [7, 11) is 0. The predicted octanol–water partition coefficient (Wildman–Crippen LogP) is 6.31. The number of carboxylic acids is 1. The van der Waals surface area contributed by atoms with E-state index in [1.807, 2.05) is 0 Å². The van der Waals surface area contributed by atoms with Gasteiger partial charge in [-0.3, -0.25) is 0 Å². The lowest BCUT2D eigenvalue weighted by Crippen LogP contribution is -2.46. The molecule has 2 aromatic carbocycles. The maximum absolute atomic E-state index is 14.0. The molecule has 2 N–H and O–H groups in total. The number of rotatable bonds is 5. The summed E-state index contributed by atoms with van der Waals surface area (Å²) in [5, 5.41) is 19.8. The molecule has 0 aliphatic heterocycles. The number of benzene rings is 2. The SMILES string of the molecule is C[C@H](c1ccc(-c2cccc(C(=O)O)c2)cc1Cl)[C@@](O)(c1ccnc(Cl)c1)C(F)(F)F. The van der Waals surface area contributed by atoms with Crippen molar-refractivity contribution in [1.82, 2.24) is 4.98 Å². The van der Waals surface area contributed by atoms with Gasteiger partial charge in [-0.05, 0) is 52.6 Å². The first-order valence-electron chi connectivity index (χ1n) is 8.99. The molecule has 0 spiro atoms. The Balaban J connectivity index is 2.07. The molecule has 3 rings (SSSR count). The molecule has 0 radical (unpaired) electrons. The fraction of sp³-hybridized carbons (Fsp3) is 0.182. The number of nitrogens with zero attached hydrogens (tertiary/aromatic N) is 1. The molecular formula is C22H16Cl2F3NO3. The number of alkyl halides is 3. The predicted molar refractivity (Wildman–Crippen MR) is 111 cm³/mol. The fourth-order valence-electron chi connectivity index (χ4n) is 3.41. The Kier molecular flexibility index (Phi) is 6.32. The summed E-state index contributed by atoms with van der Waals surface area (Å²) in [6.07, 6.45) is -3.95. The van der Waals surface area contributed by atoms with Crippen molar-refractivity contribution in [3.05, 3.63) is 87.7 Å². The summed E-state index contributed by atoms with van der Waals surface area (Å²) in [5.74, 6) is -2.60. The van der Waals surface area contributed by atoms with Crippen molar-refractivity contribution >= 4 is 29.2 Å². The van der Waals surface area contributed by atoms with Gasteiger partial charge in [0.1, 0.15) is 5.15 Å². The van der Waals surface area contributed by atoms with Crippen LogP contribution in [0.15, 0.2) is 60.8 Å². The molecule has 0 fully saturated rings. The molecule has 31 heavy (non-hydrogen) atoms. The lowest BCUT2D eigenvalue weighted by molar-refractivity contribution is -0.274. The normalized spacial score (nSPS) is 14.7. The number of halogens is 5. The van der Waals surface area contributed by atoms with Crippen LogP contribution >= 0.6 is 23.2 Å². The summed E-state index contributed by atoms with van der Waals surface area (Å²) in [4.78, 5) is 14.9. The van der Waals surface area contributed by atoms with Crippen molar-refractivity contribution in [2.45, 2.75) is 24.6 Å². The van der Waals surface area contributed by atoms with Gasteiger partial charge in [-0.25, -0.2) is 9.78 Å². The van der Waals surface area contributed by atoms with E-state index < -0.39 is 29.2 Å². The first-order chi connectivity index (χ1) is 14.4. The molecule has 162 valence electrons. The van der Waals surface area contributed by atoms with Gasteiger partial charge in [0.05, 0.1) is 5.56 Å². The zero-order valence-electron chi connectivity index (χ0n) is 16.0. The number of hydrogen-bond acceptors (Lipinski definition) is 3. The first-order valence-corrected chi connectivity index (χ1v) is 9.75. The van der Waals surface area contributed by atoms with Gasteiger partial charge in [0.25, 0.3) is 0 Å². The minimum absolute atomic E-state index is 0.00597. The van der Waals surface area contributed by atoms with Crippen LogP contribution in [0.2, 0.25) is 10.2 Å². The van der Waals surface area contributed by atoms with E-state index in [0.717, 1.165) is 18.3 Å². The fourth-order valence-corrected chi connectivity index (χ4v) is 3.93. The highest BCUT2D eigenvalue weighted by atomic mass is 35.5. The Labute approximate surface area is 185 Å². The monoisotopic (exact) mass is 469 g/mol. The van der Waals surface area contributed by atoms with E-state index in [4.69, 9.17) is 28.3 Å². The molecule has 0 amide bonds. The molecule has 1 aromatic heterocycles. The third-order valence-electron chi connectivity index (χ3n) is 5.14. The molecule has 0 unspecified atom stereocenters. The third-order valence-corrected chi connectivity index (χ3v) is 5.67. The zero-order chi connectivity index (χ0) is 23.0. The van der Waals surface area contributed by atoms with Crippen molar-refractivity contribution < 1.29 is 28.2 Å². The van der Waals surface area contributed by atoms with Gasteiger partial charge >= 0.3 is 12.1 Å². The molecule has 9 heteroatoms. The molecule has 0 saturated carbocycles. The average Bonchev–Trinajstić information content (AvgIpc) is 2.71. The number of pyridine rings is 1. The third kappa shape index (κ3) is 4.39. The van der Waals surface area contributed by atoms with Gasteiger partial charge < -0.3 is 10.2 Å². The van der Waals surface area contributed by atoms with Gasteiger partial charge in [0.15, 0.2) is 5.60 Å². The highest BCUT2D eigenvalue weighted by molar-refractivity contribution is 6.31. The highest BCUT2D eigenvalue weighted by Gasteiger charge is 2.59. The summed E-state index contributed by atoms with van der Waals surface area (Å²) in [6, 6.07) is 12.4. The number of carbonyl (C=O) groups is 1. The van der Waals surface area contributed by atoms with Crippen LogP contribution < -0.4 is 0 Å². The lowest BCUT2D eigenvalue weighted by Gasteiger charge is -2.37. The number of hydrogen-bond donors (Lipinski definition) is 2. The van der Waals surface area contributed by atoms with E-state index in [1.54, 1.807) is 12.1 Å². The Morgan fingerprint density at radius 2 is 1.71 bits per heavy atom. The summed E-state index contributed by atoms with van der Waals surface area (Å²) in [6.45, 7) is 1.22. The van der Waals surface area contributed by atoms with Crippen LogP contribution in [0.25, 0.3) is 11.1 Å². The lowest BCUT2D eigenvalue weighted by atomic mass is 9.77. The van der Waals surface area contributed by atoms with E-state index in [1.165, 1.54) is 37.3 Å². The van der Waals surface area contributed by atoms with Crippen molar-refractivity contribution in [3.63, 3.8) is 0 Å². The van der Waals surface area contributed by atoms with Crippen LogP contribution in [0.4, 0.5) is 13.2 Å². The van der Waals surface area contributed by atoms with Crippen LogP contribution in [0.1, 0.15) is 34.3 Å². The summed E-state index contributed by atoms with van der Waals surface area (Å²) in [5.41, 5.74) is -2.55. The molecule has 1 heterocycles. The Morgan fingerprint density at radius 3 is 2.29 bits per heavy atom. The zero-order valence-corrected chi connectivity index (χ0v) is 17.5.